The van der Waals surface area contributed by atoms with Crippen LogP contribution in [0.1, 0.15) is 30.9 Å². The number of aromatic nitrogens is 2. The SMILES string of the molecule is O=C(O)[C@H]1CCC(=O)N(CCCn2ccnc2)[C@@H]1c1ccccc1. The Morgan fingerprint density at radius 2 is 2.04 bits per heavy atom. The van der Waals surface area contributed by atoms with E-state index < -0.39 is 17.9 Å². The zero-order valence-electron chi connectivity index (χ0n) is 13.4. The van der Waals surface area contributed by atoms with E-state index in [0.29, 0.717) is 19.4 Å². The molecular formula is C18H21N3O3. The van der Waals surface area contributed by atoms with E-state index in [9.17, 15) is 14.7 Å². The van der Waals surface area contributed by atoms with Crippen molar-refractivity contribution in [3.05, 3.63) is 54.6 Å². The van der Waals surface area contributed by atoms with Gasteiger partial charge in [-0.3, -0.25) is 9.59 Å². The number of aryl methyl sites for hydroxylation is 1. The molecule has 1 aliphatic heterocycles. The molecule has 1 N–H and O–H groups in total. The largest absolute Gasteiger partial charge is 0.481 e. The van der Waals surface area contributed by atoms with Gasteiger partial charge < -0.3 is 14.6 Å². The second-order valence-electron chi connectivity index (χ2n) is 6.08. The zero-order valence-corrected chi connectivity index (χ0v) is 13.4. The Hall–Kier alpha value is -2.63. The van der Waals surface area contributed by atoms with Crippen molar-refractivity contribution in [1.29, 1.82) is 0 Å². The second kappa shape index (κ2) is 7.29. The van der Waals surface area contributed by atoms with Crippen LogP contribution in [0.4, 0.5) is 0 Å². The van der Waals surface area contributed by atoms with Gasteiger partial charge in [0.1, 0.15) is 0 Å². The third-order valence-corrected chi connectivity index (χ3v) is 4.54. The first-order chi connectivity index (χ1) is 11.7. The first kappa shape index (κ1) is 16.2. The molecular weight excluding hydrogens is 306 g/mol. The van der Waals surface area contributed by atoms with Crippen molar-refractivity contribution in [2.45, 2.75) is 31.8 Å². The van der Waals surface area contributed by atoms with Gasteiger partial charge in [-0.1, -0.05) is 30.3 Å². The number of aliphatic carboxylic acids is 1. The molecule has 1 aliphatic rings. The van der Waals surface area contributed by atoms with Gasteiger partial charge in [-0.05, 0) is 18.4 Å². The Labute approximate surface area is 140 Å². The molecule has 3 rings (SSSR count). The van der Waals surface area contributed by atoms with Crippen LogP contribution in [0.2, 0.25) is 0 Å². The molecule has 1 aromatic heterocycles. The number of carboxylic acids is 1. The Morgan fingerprint density at radius 1 is 1.25 bits per heavy atom. The third kappa shape index (κ3) is 3.48. The molecule has 1 aromatic carbocycles. The molecule has 0 spiro atoms. The van der Waals surface area contributed by atoms with Crippen LogP contribution in [-0.2, 0) is 16.1 Å². The van der Waals surface area contributed by atoms with E-state index in [0.717, 1.165) is 18.5 Å². The number of rotatable bonds is 6. The lowest BCUT2D eigenvalue weighted by Crippen LogP contribution is -2.45. The maximum absolute atomic E-state index is 12.5. The first-order valence-corrected chi connectivity index (χ1v) is 8.20. The van der Waals surface area contributed by atoms with E-state index in [4.69, 9.17) is 0 Å². The van der Waals surface area contributed by atoms with Crippen molar-refractivity contribution in [3.8, 4) is 0 Å². The second-order valence-corrected chi connectivity index (χ2v) is 6.08. The number of carbonyl (C=O) groups is 2. The maximum atomic E-state index is 12.5. The minimum Gasteiger partial charge on any atom is -0.481 e. The number of likely N-dealkylation sites (tertiary alicyclic amines) is 1. The van der Waals surface area contributed by atoms with Crippen molar-refractivity contribution in [3.63, 3.8) is 0 Å². The van der Waals surface area contributed by atoms with E-state index in [2.05, 4.69) is 4.98 Å². The van der Waals surface area contributed by atoms with Crippen LogP contribution in [0.15, 0.2) is 49.1 Å². The lowest BCUT2D eigenvalue weighted by atomic mass is 9.84. The minimum atomic E-state index is -0.837. The number of amides is 1. The summed E-state index contributed by atoms with van der Waals surface area (Å²) in [6, 6.07) is 9.08. The number of benzene rings is 1. The van der Waals surface area contributed by atoms with Crippen LogP contribution in [0, 0.1) is 5.92 Å². The molecule has 0 radical (unpaired) electrons. The van der Waals surface area contributed by atoms with Crippen LogP contribution in [0.25, 0.3) is 0 Å². The molecule has 1 fully saturated rings. The van der Waals surface area contributed by atoms with E-state index in [1.807, 2.05) is 41.1 Å². The summed E-state index contributed by atoms with van der Waals surface area (Å²) in [7, 11) is 0. The topological polar surface area (TPSA) is 75.4 Å². The van der Waals surface area contributed by atoms with Gasteiger partial charge in [0, 0.05) is 31.9 Å². The first-order valence-electron chi connectivity index (χ1n) is 8.20. The molecule has 0 bridgehead atoms. The number of carboxylic acid groups (broad SMARTS) is 1. The number of imidazole rings is 1. The lowest BCUT2D eigenvalue weighted by molar-refractivity contribution is -0.152. The van der Waals surface area contributed by atoms with Crippen molar-refractivity contribution >= 4 is 11.9 Å². The fourth-order valence-electron chi connectivity index (χ4n) is 3.38. The van der Waals surface area contributed by atoms with Crippen LogP contribution >= 0.6 is 0 Å². The van der Waals surface area contributed by atoms with Gasteiger partial charge >= 0.3 is 5.97 Å². The molecule has 2 heterocycles. The van der Waals surface area contributed by atoms with Gasteiger partial charge in [0.05, 0.1) is 18.3 Å². The van der Waals surface area contributed by atoms with Crippen LogP contribution < -0.4 is 0 Å². The quantitative estimate of drug-likeness (QED) is 0.883. The van der Waals surface area contributed by atoms with Crippen LogP contribution in [0.3, 0.4) is 0 Å². The highest BCUT2D eigenvalue weighted by Gasteiger charge is 2.40. The summed E-state index contributed by atoms with van der Waals surface area (Å²) in [5.74, 6) is -1.36. The Kier molecular flexibility index (Phi) is 4.93. The molecule has 0 unspecified atom stereocenters. The highest BCUT2D eigenvalue weighted by Crippen LogP contribution is 2.36. The molecule has 24 heavy (non-hydrogen) atoms. The van der Waals surface area contributed by atoms with E-state index >= 15 is 0 Å². The smallest absolute Gasteiger partial charge is 0.308 e. The third-order valence-electron chi connectivity index (χ3n) is 4.54. The zero-order chi connectivity index (χ0) is 16.9. The summed E-state index contributed by atoms with van der Waals surface area (Å²) in [6.45, 7) is 1.30. The predicted molar refractivity (Wildman–Crippen MR) is 88.1 cm³/mol. The maximum Gasteiger partial charge on any atom is 0.308 e. The van der Waals surface area contributed by atoms with Gasteiger partial charge in [-0.15, -0.1) is 0 Å². The van der Waals surface area contributed by atoms with Crippen LogP contribution in [-0.4, -0.2) is 38.0 Å². The van der Waals surface area contributed by atoms with Gasteiger partial charge in [-0.25, -0.2) is 4.98 Å². The molecule has 126 valence electrons. The Balaban J connectivity index is 1.78. The monoisotopic (exact) mass is 327 g/mol. The van der Waals surface area contributed by atoms with E-state index in [-0.39, 0.29) is 5.91 Å². The summed E-state index contributed by atoms with van der Waals surface area (Å²) in [6.07, 6.45) is 6.80. The van der Waals surface area contributed by atoms with Crippen molar-refractivity contribution in [2.24, 2.45) is 5.92 Å². The average molecular weight is 327 g/mol. The summed E-state index contributed by atoms with van der Waals surface area (Å²) < 4.78 is 1.96. The standard InChI is InChI=1S/C18H21N3O3/c22-16-8-7-15(18(23)24)17(14-5-2-1-3-6-14)21(16)11-4-10-20-12-9-19-13-20/h1-3,5-6,9,12-13,15,17H,4,7-8,10-11H2,(H,23,24)/t15-,17+/m0/s1. The van der Waals surface area contributed by atoms with Crippen LogP contribution in [0.5, 0.6) is 0 Å². The summed E-state index contributed by atoms with van der Waals surface area (Å²) in [5.41, 5.74) is 0.889. The Bertz CT molecular complexity index is 685. The fourth-order valence-corrected chi connectivity index (χ4v) is 3.38. The van der Waals surface area contributed by atoms with Crippen molar-refractivity contribution in [1.82, 2.24) is 14.5 Å². The summed E-state index contributed by atoms with van der Waals surface area (Å²) in [4.78, 5) is 29.9. The van der Waals surface area contributed by atoms with Crippen molar-refractivity contribution < 1.29 is 14.7 Å². The molecule has 0 saturated carbocycles. The molecule has 6 nitrogen and oxygen atoms in total. The number of nitrogens with zero attached hydrogens (tertiary/aromatic N) is 3. The summed E-state index contributed by atoms with van der Waals surface area (Å²) >= 11 is 0. The number of hydrogen-bond acceptors (Lipinski definition) is 3. The van der Waals surface area contributed by atoms with Gasteiger partial charge in [0.2, 0.25) is 5.91 Å². The molecule has 1 amide bonds. The average Bonchev–Trinajstić information content (AvgIpc) is 3.10. The molecule has 2 aromatic rings. The highest BCUT2D eigenvalue weighted by molar-refractivity contribution is 5.81. The number of piperidine rings is 1. The van der Waals surface area contributed by atoms with Crippen molar-refractivity contribution in [2.75, 3.05) is 6.54 Å². The molecule has 0 aliphatic carbocycles. The Morgan fingerprint density at radius 3 is 2.71 bits per heavy atom. The predicted octanol–water partition coefficient (Wildman–Crippen LogP) is 2.34. The molecule has 1 saturated heterocycles. The lowest BCUT2D eigenvalue weighted by Gasteiger charge is -2.40. The normalized spacial score (nSPS) is 21.0. The summed E-state index contributed by atoms with van der Waals surface area (Å²) in [5, 5.41) is 9.60. The van der Waals surface area contributed by atoms with E-state index in [1.165, 1.54) is 0 Å². The number of hydrogen-bond donors (Lipinski definition) is 1. The molecule has 2 atom stereocenters. The highest BCUT2D eigenvalue weighted by atomic mass is 16.4. The van der Waals surface area contributed by atoms with Gasteiger partial charge in [0.15, 0.2) is 0 Å². The molecule has 6 heteroatoms. The minimum absolute atomic E-state index is 0.0342. The van der Waals surface area contributed by atoms with Gasteiger partial charge in [0.25, 0.3) is 0 Å². The number of carbonyl (C=O) groups excluding carboxylic acids is 1. The fraction of sp³-hybridized carbons (Fsp3) is 0.389. The van der Waals surface area contributed by atoms with E-state index in [1.54, 1.807) is 17.4 Å². The van der Waals surface area contributed by atoms with Gasteiger partial charge in [-0.2, -0.15) is 0 Å².